The Morgan fingerprint density at radius 2 is 1.90 bits per heavy atom. The smallest absolute Gasteiger partial charge is 0.283 e. The maximum atomic E-state index is 12.8. The predicted molar refractivity (Wildman–Crippen MR) is 112 cm³/mol. The molecule has 0 radical (unpaired) electrons. The van der Waals surface area contributed by atoms with Crippen LogP contribution in [0.5, 0.6) is 11.5 Å². The molecule has 0 unspecified atom stereocenters. The van der Waals surface area contributed by atoms with Crippen molar-refractivity contribution in [1.82, 2.24) is 5.01 Å². The summed E-state index contributed by atoms with van der Waals surface area (Å²) in [5, 5.41) is 5.06. The van der Waals surface area contributed by atoms with Gasteiger partial charge in [-0.15, -0.1) is 0 Å². The van der Waals surface area contributed by atoms with E-state index in [4.69, 9.17) is 9.47 Å². The summed E-state index contributed by atoms with van der Waals surface area (Å²) in [5.41, 5.74) is 1.98. The zero-order valence-electron chi connectivity index (χ0n) is 16.4. The van der Waals surface area contributed by atoms with E-state index in [1.54, 1.807) is 61.5 Å². The SMILES string of the molecule is C=CCOc1ccc(/C=C2/C(=O)N(C(=O)c3ccccc3)N=C2C)cc1OCC. The Kier molecular flexibility index (Phi) is 6.24. The van der Waals surface area contributed by atoms with E-state index in [0.29, 0.717) is 41.6 Å². The van der Waals surface area contributed by atoms with Crippen LogP contribution in [-0.4, -0.2) is 35.7 Å². The number of hydrazone groups is 1. The molecule has 1 aliphatic rings. The Balaban J connectivity index is 1.88. The lowest BCUT2D eigenvalue weighted by Gasteiger charge is -2.12. The first-order valence-electron chi connectivity index (χ1n) is 9.26. The first kappa shape index (κ1) is 20.1. The first-order valence-corrected chi connectivity index (χ1v) is 9.26. The molecule has 0 fully saturated rings. The van der Waals surface area contributed by atoms with Crippen LogP contribution in [0.25, 0.3) is 6.08 Å². The Bertz CT molecular complexity index is 993. The molecule has 1 aliphatic heterocycles. The van der Waals surface area contributed by atoms with E-state index in [1.165, 1.54) is 0 Å². The van der Waals surface area contributed by atoms with E-state index in [9.17, 15) is 9.59 Å². The van der Waals surface area contributed by atoms with Crippen LogP contribution in [-0.2, 0) is 4.79 Å². The zero-order valence-corrected chi connectivity index (χ0v) is 16.4. The molecule has 6 nitrogen and oxygen atoms in total. The van der Waals surface area contributed by atoms with Gasteiger partial charge in [0.15, 0.2) is 11.5 Å². The van der Waals surface area contributed by atoms with Crippen molar-refractivity contribution in [3.05, 3.63) is 77.9 Å². The van der Waals surface area contributed by atoms with Crippen molar-refractivity contribution in [2.75, 3.05) is 13.2 Å². The van der Waals surface area contributed by atoms with E-state index >= 15 is 0 Å². The van der Waals surface area contributed by atoms with Crippen LogP contribution in [0.4, 0.5) is 0 Å². The fourth-order valence-corrected chi connectivity index (χ4v) is 2.84. The van der Waals surface area contributed by atoms with Crippen molar-refractivity contribution >= 4 is 23.6 Å². The standard InChI is InChI=1S/C23H22N2O4/c1-4-13-29-20-12-11-17(15-21(20)28-5-2)14-19-16(3)24-25(23(19)27)22(26)18-9-7-6-8-10-18/h4,6-12,14-15H,1,5,13H2,2-3H3/b19-14+. The van der Waals surface area contributed by atoms with Crippen LogP contribution < -0.4 is 9.47 Å². The molecule has 0 N–H and O–H groups in total. The minimum Gasteiger partial charge on any atom is -0.490 e. The number of imide groups is 1. The van der Waals surface area contributed by atoms with Crippen LogP contribution in [0.1, 0.15) is 29.8 Å². The Morgan fingerprint density at radius 3 is 2.59 bits per heavy atom. The minimum atomic E-state index is -0.457. The van der Waals surface area contributed by atoms with Crippen molar-refractivity contribution in [2.24, 2.45) is 5.10 Å². The highest BCUT2D eigenvalue weighted by Crippen LogP contribution is 2.30. The summed E-state index contributed by atoms with van der Waals surface area (Å²) in [5.74, 6) is 0.252. The maximum absolute atomic E-state index is 12.8. The minimum absolute atomic E-state index is 0.358. The van der Waals surface area contributed by atoms with Crippen molar-refractivity contribution in [3.63, 3.8) is 0 Å². The van der Waals surface area contributed by atoms with Crippen LogP contribution in [0.3, 0.4) is 0 Å². The number of ether oxygens (including phenoxy) is 2. The Hall–Kier alpha value is -3.67. The second-order valence-corrected chi connectivity index (χ2v) is 6.27. The molecule has 1 heterocycles. The second kappa shape index (κ2) is 9.01. The molecule has 0 aromatic heterocycles. The fourth-order valence-electron chi connectivity index (χ4n) is 2.84. The number of benzene rings is 2. The van der Waals surface area contributed by atoms with Gasteiger partial charge in [-0.05, 0) is 49.8 Å². The van der Waals surface area contributed by atoms with E-state index < -0.39 is 11.8 Å². The number of carbonyl (C=O) groups is 2. The normalized spacial score (nSPS) is 14.7. The molecular weight excluding hydrogens is 368 g/mol. The largest absolute Gasteiger partial charge is 0.490 e. The molecular formula is C23H22N2O4. The number of nitrogens with zero attached hydrogens (tertiary/aromatic N) is 2. The lowest BCUT2D eigenvalue weighted by Crippen LogP contribution is -2.29. The molecule has 3 rings (SSSR count). The fraction of sp³-hybridized carbons (Fsp3) is 0.174. The highest BCUT2D eigenvalue weighted by Gasteiger charge is 2.32. The average molecular weight is 390 g/mol. The zero-order chi connectivity index (χ0) is 20.8. The van der Waals surface area contributed by atoms with Gasteiger partial charge in [-0.2, -0.15) is 10.1 Å². The van der Waals surface area contributed by atoms with Gasteiger partial charge in [0.05, 0.1) is 17.9 Å². The molecule has 6 heteroatoms. The van der Waals surface area contributed by atoms with Gasteiger partial charge in [0.25, 0.3) is 11.8 Å². The van der Waals surface area contributed by atoms with Crippen LogP contribution >= 0.6 is 0 Å². The van der Waals surface area contributed by atoms with Crippen LogP contribution in [0.15, 0.2) is 71.9 Å². The number of rotatable bonds is 7. The third-order valence-corrected chi connectivity index (χ3v) is 4.21. The third-order valence-electron chi connectivity index (χ3n) is 4.21. The van der Waals surface area contributed by atoms with Gasteiger partial charge in [-0.3, -0.25) is 9.59 Å². The van der Waals surface area contributed by atoms with E-state index in [1.807, 2.05) is 13.0 Å². The van der Waals surface area contributed by atoms with Crippen LogP contribution in [0, 0.1) is 0 Å². The van der Waals surface area contributed by atoms with E-state index in [0.717, 1.165) is 10.6 Å². The highest BCUT2D eigenvalue weighted by molar-refractivity contribution is 6.30. The molecule has 148 valence electrons. The van der Waals surface area contributed by atoms with Gasteiger partial charge in [-0.1, -0.05) is 36.9 Å². The molecule has 2 aromatic carbocycles. The van der Waals surface area contributed by atoms with Gasteiger partial charge in [0.2, 0.25) is 0 Å². The third kappa shape index (κ3) is 4.43. The van der Waals surface area contributed by atoms with Crippen molar-refractivity contribution in [1.29, 1.82) is 0 Å². The molecule has 0 atom stereocenters. The monoisotopic (exact) mass is 390 g/mol. The van der Waals surface area contributed by atoms with Gasteiger partial charge in [0.1, 0.15) is 6.61 Å². The molecule has 29 heavy (non-hydrogen) atoms. The van der Waals surface area contributed by atoms with Gasteiger partial charge >= 0.3 is 0 Å². The molecule has 0 aliphatic carbocycles. The summed E-state index contributed by atoms with van der Waals surface area (Å²) in [4.78, 5) is 25.4. The van der Waals surface area contributed by atoms with E-state index in [-0.39, 0.29) is 0 Å². The Morgan fingerprint density at radius 1 is 1.14 bits per heavy atom. The molecule has 0 spiro atoms. The van der Waals surface area contributed by atoms with E-state index in [2.05, 4.69) is 11.7 Å². The molecule has 0 bridgehead atoms. The van der Waals surface area contributed by atoms with Gasteiger partial charge in [-0.25, -0.2) is 0 Å². The maximum Gasteiger partial charge on any atom is 0.283 e. The second-order valence-electron chi connectivity index (χ2n) is 6.27. The quantitative estimate of drug-likeness (QED) is 0.406. The number of hydrogen-bond acceptors (Lipinski definition) is 5. The summed E-state index contributed by atoms with van der Waals surface area (Å²) in [6.45, 7) is 8.06. The lowest BCUT2D eigenvalue weighted by molar-refractivity contribution is -0.123. The van der Waals surface area contributed by atoms with Gasteiger partial charge < -0.3 is 9.47 Å². The summed E-state index contributed by atoms with van der Waals surface area (Å²) in [7, 11) is 0. The predicted octanol–water partition coefficient (Wildman–Crippen LogP) is 4.09. The summed E-state index contributed by atoms with van der Waals surface area (Å²) in [6, 6.07) is 14.0. The average Bonchev–Trinajstić information content (AvgIpc) is 3.02. The molecule has 2 aromatic rings. The lowest BCUT2D eigenvalue weighted by atomic mass is 10.1. The molecule has 2 amide bonds. The first-order chi connectivity index (χ1) is 14.0. The van der Waals surface area contributed by atoms with Crippen molar-refractivity contribution in [2.45, 2.75) is 13.8 Å². The summed E-state index contributed by atoms with van der Waals surface area (Å²) >= 11 is 0. The molecule has 0 saturated carbocycles. The topological polar surface area (TPSA) is 68.2 Å². The molecule has 0 saturated heterocycles. The highest BCUT2D eigenvalue weighted by atomic mass is 16.5. The summed E-state index contributed by atoms with van der Waals surface area (Å²) in [6.07, 6.45) is 3.35. The van der Waals surface area contributed by atoms with Gasteiger partial charge in [0, 0.05) is 5.56 Å². The van der Waals surface area contributed by atoms with Crippen molar-refractivity contribution in [3.8, 4) is 11.5 Å². The van der Waals surface area contributed by atoms with Crippen LogP contribution in [0.2, 0.25) is 0 Å². The Labute approximate surface area is 169 Å². The summed E-state index contributed by atoms with van der Waals surface area (Å²) < 4.78 is 11.2. The van der Waals surface area contributed by atoms with Crippen molar-refractivity contribution < 1.29 is 19.1 Å². The number of amides is 2. The number of hydrogen-bond donors (Lipinski definition) is 0. The number of carbonyl (C=O) groups excluding carboxylic acids is 2.